The fraction of sp³-hybridized carbons (Fsp3) is 0.545. The van der Waals surface area contributed by atoms with E-state index in [-0.39, 0.29) is 5.82 Å². The van der Waals surface area contributed by atoms with Crippen LogP contribution in [0, 0.1) is 12.7 Å². The second-order valence-corrected chi connectivity index (χ2v) is 23.9. The molecule has 410 valence electrons. The van der Waals surface area contributed by atoms with Gasteiger partial charge in [-0.05, 0) is 137 Å². The van der Waals surface area contributed by atoms with Gasteiger partial charge in [0, 0.05) is 161 Å². The van der Waals surface area contributed by atoms with Gasteiger partial charge in [0.1, 0.15) is 5.82 Å². The minimum atomic E-state index is -0.0299. The van der Waals surface area contributed by atoms with Gasteiger partial charge in [-0.15, -0.1) is 0 Å². The number of piperazine rings is 5. The molecule has 0 radical (unpaired) electrons. The molecular weight excluding hydrogens is 952 g/mol. The molecule has 5 atom stereocenters. The van der Waals surface area contributed by atoms with E-state index in [1.165, 1.54) is 108 Å². The number of nitrogens with one attached hydrogen (secondary N) is 5. The molecule has 5 N–H and O–H groups in total. The molecule has 77 heavy (non-hydrogen) atoms. The molecule has 5 saturated heterocycles. The first-order chi connectivity index (χ1) is 38.0. The molecule has 5 aromatic carbocycles. The maximum Gasteiger partial charge on any atom is 0.126 e. The maximum atomic E-state index is 13.6. The third-order valence-electron chi connectivity index (χ3n) is 19.2. The first-order valence-corrected chi connectivity index (χ1v) is 30.4. The zero-order valence-corrected chi connectivity index (χ0v) is 46.6. The van der Waals surface area contributed by atoms with Crippen LogP contribution in [0.2, 0.25) is 0 Å². The quantitative estimate of drug-likeness (QED) is 0.121. The molecule has 11 heteroatoms. The number of hydrogen-bond donors (Lipinski definition) is 5. The Bertz CT molecular complexity index is 2780. The van der Waals surface area contributed by atoms with Crippen LogP contribution in [-0.4, -0.2) is 155 Å². The molecule has 10 aliphatic heterocycles. The van der Waals surface area contributed by atoms with Gasteiger partial charge in [-0.25, -0.2) is 4.39 Å². The van der Waals surface area contributed by atoms with Crippen LogP contribution >= 0.6 is 0 Å². The van der Waals surface area contributed by atoms with E-state index in [1.54, 1.807) is 56.1 Å². The number of nitrogens with zero attached hydrogens (tertiary/aromatic N) is 5. The molecule has 0 spiro atoms. The Morgan fingerprint density at radius 2 is 0.844 bits per heavy atom. The van der Waals surface area contributed by atoms with Crippen LogP contribution in [0.5, 0.6) is 0 Å². The van der Waals surface area contributed by atoms with Gasteiger partial charge in [-0.3, -0.25) is 24.5 Å². The predicted octanol–water partition coefficient (Wildman–Crippen LogP) is 7.83. The molecule has 0 unspecified atom stereocenters. The standard InChI is InChI=1S/C15H20N2.C14H20N2.C13H18N2.C12H15FN2.C12H16N2/c1-2-11(1)12-3-4-14-13(9-12)5-7-17-8-6-16-10-15(14)17;1-2-11-3-4-13-12(9-11)5-7-16-8-6-15-10-14(13)16;1-10-2-3-12-11(8-10)4-6-15-7-5-14-9-13(12)15;13-11-3-1-2-10-9(11)4-6-15-7-5-14-8-12(10)15;1-2-4-11-10(3-1)5-7-14-8-6-13-9-12(11)14/h3-4,9,11,15-16H,1-2,5-8,10H2;3-4,9,14-15H,2,5-8,10H2,1H3;2-3,8,13-14H,4-7,9H2,1H3;1-3,12,14H,4-8H2;1-4,12-13H,5-9H2/t15-;14-;13-;2*12-/m00000/s1. The van der Waals surface area contributed by atoms with E-state index in [9.17, 15) is 4.39 Å². The third-order valence-corrected chi connectivity index (χ3v) is 19.2. The zero-order valence-electron chi connectivity index (χ0n) is 46.6. The van der Waals surface area contributed by atoms with Crippen molar-refractivity contribution >= 4 is 0 Å². The maximum absolute atomic E-state index is 13.6. The smallest absolute Gasteiger partial charge is 0.126 e. The molecule has 10 nitrogen and oxygen atoms in total. The van der Waals surface area contributed by atoms with Crippen LogP contribution < -0.4 is 26.6 Å². The highest BCUT2D eigenvalue weighted by Gasteiger charge is 2.34. The Balaban J connectivity index is 0.0000000969. The van der Waals surface area contributed by atoms with Crippen molar-refractivity contribution in [3.05, 3.63) is 175 Å². The lowest BCUT2D eigenvalue weighted by Crippen LogP contribution is -2.49. The van der Waals surface area contributed by atoms with Gasteiger partial charge < -0.3 is 26.6 Å². The summed E-state index contributed by atoms with van der Waals surface area (Å²) in [6, 6.07) is 38.6. The van der Waals surface area contributed by atoms with Crippen molar-refractivity contribution in [3.8, 4) is 0 Å². The second-order valence-electron chi connectivity index (χ2n) is 23.9. The lowest BCUT2D eigenvalue weighted by molar-refractivity contribution is 0.150. The number of hydrogen-bond acceptors (Lipinski definition) is 10. The number of rotatable bonds is 2. The van der Waals surface area contributed by atoms with Crippen molar-refractivity contribution in [1.29, 1.82) is 0 Å². The van der Waals surface area contributed by atoms with Gasteiger partial charge >= 0.3 is 0 Å². The summed E-state index contributed by atoms with van der Waals surface area (Å²) < 4.78 is 13.6. The van der Waals surface area contributed by atoms with E-state index >= 15 is 0 Å². The van der Waals surface area contributed by atoms with Gasteiger partial charge in [0.2, 0.25) is 0 Å². The summed E-state index contributed by atoms with van der Waals surface area (Å²) in [6.45, 7) is 27.4. The molecule has 10 heterocycles. The van der Waals surface area contributed by atoms with E-state index in [0.29, 0.717) is 30.2 Å². The van der Waals surface area contributed by atoms with Crippen molar-refractivity contribution in [3.63, 3.8) is 0 Å². The molecule has 0 amide bonds. The second kappa shape index (κ2) is 25.0. The van der Waals surface area contributed by atoms with Crippen LogP contribution in [0.1, 0.15) is 128 Å². The summed E-state index contributed by atoms with van der Waals surface area (Å²) in [6.07, 6.45) is 9.79. The zero-order chi connectivity index (χ0) is 52.1. The lowest BCUT2D eigenvalue weighted by Gasteiger charge is -2.41. The van der Waals surface area contributed by atoms with Crippen LogP contribution in [0.3, 0.4) is 0 Å². The van der Waals surface area contributed by atoms with Crippen LogP contribution in [0.4, 0.5) is 4.39 Å². The Kier molecular flexibility index (Phi) is 17.3. The van der Waals surface area contributed by atoms with Crippen molar-refractivity contribution in [2.75, 3.05) is 131 Å². The van der Waals surface area contributed by atoms with Gasteiger partial charge in [-0.1, -0.05) is 103 Å². The van der Waals surface area contributed by atoms with Crippen molar-refractivity contribution in [2.24, 2.45) is 0 Å². The highest BCUT2D eigenvalue weighted by Crippen LogP contribution is 2.42. The molecule has 11 aliphatic rings. The van der Waals surface area contributed by atoms with Crippen LogP contribution in [0.15, 0.2) is 97.1 Å². The highest BCUT2D eigenvalue weighted by atomic mass is 19.1. The van der Waals surface area contributed by atoms with Crippen molar-refractivity contribution < 1.29 is 4.39 Å². The summed E-state index contributed by atoms with van der Waals surface area (Å²) in [5.41, 5.74) is 19.2. The molecule has 5 aromatic rings. The Morgan fingerprint density at radius 1 is 0.416 bits per heavy atom. The molecule has 16 rings (SSSR count). The van der Waals surface area contributed by atoms with E-state index in [4.69, 9.17) is 0 Å². The molecule has 1 aliphatic carbocycles. The Labute approximate surface area is 460 Å². The Morgan fingerprint density at radius 3 is 1.38 bits per heavy atom. The minimum absolute atomic E-state index is 0.0299. The number of fused-ring (bicyclic) bond motifs is 15. The van der Waals surface area contributed by atoms with Crippen molar-refractivity contribution in [2.45, 2.75) is 101 Å². The van der Waals surface area contributed by atoms with Crippen molar-refractivity contribution in [1.82, 2.24) is 51.1 Å². The normalized spacial score (nSPS) is 26.4. The van der Waals surface area contributed by atoms with E-state index in [2.05, 4.69) is 150 Å². The van der Waals surface area contributed by atoms with Crippen LogP contribution in [0.25, 0.3) is 0 Å². The molecule has 1 saturated carbocycles. The fourth-order valence-electron chi connectivity index (χ4n) is 14.7. The average Bonchev–Trinajstić information content (AvgIpc) is 4.37. The van der Waals surface area contributed by atoms with E-state index in [0.717, 1.165) is 103 Å². The monoisotopic (exact) mass is 1040 g/mol. The van der Waals surface area contributed by atoms with Gasteiger partial charge in [0.15, 0.2) is 0 Å². The van der Waals surface area contributed by atoms with E-state index < -0.39 is 0 Å². The largest absolute Gasteiger partial charge is 0.314 e. The van der Waals surface area contributed by atoms with Crippen LogP contribution in [-0.2, 0) is 38.5 Å². The van der Waals surface area contributed by atoms with Gasteiger partial charge in [0.25, 0.3) is 0 Å². The summed E-state index contributed by atoms with van der Waals surface area (Å²) in [4.78, 5) is 13.0. The first-order valence-electron chi connectivity index (χ1n) is 30.4. The first kappa shape index (κ1) is 53.3. The average molecular weight is 1040 g/mol. The van der Waals surface area contributed by atoms with E-state index in [1.807, 2.05) is 6.07 Å². The number of halogens is 1. The molecule has 6 fully saturated rings. The summed E-state index contributed by atoms with van der Waals surface area (Å²) in [7, 11) is 0. The SMILES string of the molecule is CCc1ccc2c(c1)CCN1CCNC[C@@H]21.Cc1ccc2c(c1)CCN1CCNC[C@@H]21.Fc1cccc2c1CCN1CCNC[C@@H]21.c1cc2c(cc1C1CC1)CCN1CCNC[C@@H]21.c1ccc2c(c1)CCN1CCNC[C@@H]21. The highest BCUT2D eigenvalue weighted by molar-refractivity contribution is 5.41. The van der Waals surface area contributed by atoms with Gasteiger partial charge in [-0.2, -0.15) is 0 Å². The molecule has 0 aromatic heterocycles. The lowest BCUT2D eigenvalue weighted by atomic mass is 9.89. The minimum Gasteiger partial charge on any atom is -0.314 e. The Hall–Kier alpha value is -4.37. The fourth-order valence-corrected chi connectivity index (χ4v) is 14.7. The molecule has 0 bridgehead atoms. The predicted molar refractivity (Wildman–Crippen MR) is 313 cm³/mol. The third kappa shape index (κ3) is 12.2. The summed E-state index contributed by atoms with van der Waals surface area (Å²) in [5, 5.41) is 17.4. The number of aryl methyl sites for hydroxylation is 2. The topological polar surface area (TPSA) is 76.4 Å². The summed E-state index contributed by atoms with van der Waals surface area (Å²) >= 11 is 0. The number of benzene rings is 5. The molecular formula is C66H89FN10. The van der Waals surface area contributed by atoms with Gasteiger partial charge in [0.05, 0.1) is 0 Å². The summed E-state index contributed by atoms with van der Waals surface area (Å²) in [5.74, 6) is 0.862.